The molecule has 0 saturated carbocycles. The van der Waals surface area contributed by atoms with Crippen molar-refractivity contribution in [2.75, 3.05) is 40.5 Å². The second kappa shape index (κ2) is 10.0. The summed E-state index contributed by atoms with van der Waals surface area (Å²) in [7, 11) is 3.46. The van der Waals surface area contributed by atoms with Gasteiger partial charge in [0.15, 0.2) is 5.96 Å². The van der Waals surface area contributed by atoms with E-state index in [2.05, 4.69) is 32.7 Å². The lowest BCUT2D eigenvalue weighted by Gasteiger charge is -2.38. The van der Waals surface area contributed by atoms with Crippen molar-refractivity contribution in [2.24, 2.45) is 4.99 Å². The molecule has 0 unspecified atom stereocenters. The Morgan fingerprint density at radius 3 is 2.66 bits per heavy atom. The Labute approximate surface area is 188 Å². The van der Waals surface area contributed by atoms with E-state index in [1.165, 1.54) is 11.6 Å². The zero-order chi connectivity index (χ0) is 22.4. The van der Waals surface area contributed by atoms with Gasteiger partial charge in [-0.15, -0.1) is 0 Å². The highest BCUT2D eigenvalue weighted by Gasteiger charge is 2.34. The predicted molar refractivity (Wildman–Crippen MR) is 126 cm³/mol. The van der Waals surface area contributed by atoms with Gasteiger partial charge in [-0.1, -0.05) is 12.1 Å². The summed E-state index contributed by atoms with van der Waals surface area (Å²) >= 11 is 0. The molecule has 6 nitrogen and oxygen atoms in total. The van der Waals surface area contributed by atoms with Gasteiger partial charge in [0.1, 0.15) is 11.6 Å². The molecule has 1 aromatic heterocycles. The van der Waals surface area contributed by atoms with Gasteiger partial charge >= 0.3 is 0 Å². The average molecular weight is 439 g/mol. The van der Waals surface area contributed by atoms with E-state index in [1.807, 2.05) is 18.3 Å². The number of hydrogen-bond donors (Lipinski definition) is 3. The van der Waals surface area contributed by atoms with Crippen molar-refractivity contribution in [1.82, 2.24) is 15.6 Å². The first-order valence-electron chi connectivity index (χ1n) is 11.1. The van der Waals surface area contributed by atoms with Gasteiger partial charge in [-0.05, 0) is 60.7 Å². The first-order valence-corrected chi connectivity index (χ1v) is 11.1. The van der Waals surface area contributed by atoms with Crippen LogP contribution in [0.5, 0.6) is 5.75 Å². The fourth-order valence-electron chi connectivity index (χ4n) is 4.42. The van der Waals surface area contributed by atoms with Gasteiger partial charge in [0, 0.05) is 55.9 Å². The number of aliphatic imine (C=N–C) groups is 1. The van der Waals surface area contributed by atoms with Crippen LogP contribution in [0.4, 0.5) is 4.39 Å². The van der Waals surface area contributed by atoms with Crippen molar-refractivity contribution in [3.63, 3.8) is 0 Å². The molecule has 0 aliphatic carbocycles. The second-order valence-corrected chi connectivity index (χ2v) is 8.23. The fourth-order valence-corrected chi connectivity index (χ4v) is 4.42. The molecule has 170 valence electrons. The minimum absolute atomic E-state index is 0.0174. The summed E-state index contributed by atoms with van der Waals surface area (Å²) in [6.07, 6.45) is 4.61. The van der Waals surface area contributed by atoms with Crippen molar-refractivity contribution in [1.29, 1.82) is 0 Å². The number of fused-ring (bicyclic) bond motifs is 1. The maximum absolute atomic E-state index is 13.6. The first kappa shape index (κ1) is 22.1. The molecule has 0 spiro atoms. The van der Waals surface area contributed by atoms with Crippen LogP contribution in [0.1, 0.15) is 24.0 Å². The van der Waals surface area contributed by atoms with Crippen LogP contribution in [-0.2, 0) is 16.6 Å². The molecule has 1 aliphatic heterocycles. The monoisotopic (exact) mass is 438 g/mol. The molecular weight excluding hydrogens is 407 g/mol. The van der Waals surface area contributed by atoms with Crippen molar-refractivity contribution in [2.45, 2.75) is 24.7 Å². The summed E-state index contributed by atoms with van der Waals surface area (Å²) < 4.78 is 24.6. The number of rotatable bonds is 7. The lowest BCUT2D eigenvalue weighted by atomic mass is 9.74. The lowest BCUT2D eigenvalue weighted by molar-refractivity contribution is 0.0513. The fraction of sp³-hybridized carbons (Fsp3) is 0.400. The number of ether oxygens (including phenoxy) is 2. The van der Waals surface area contributed by atoms with Gasteiger partial charge < -0.3 is 25.1 Å². The number of H-pyrrole nitrogens is 1. The van der Waals surface area contributed by atoms with Crippen LogP contribution in [0.25, 0.3) is 10.9 Å². The number of guanidine groups is 1. The number of aromatic nitrogens is 1. The van der Waals surface area contributed by atoms with Crippen molar-refractivity contribution in [3.05, 3.63) is 65.6 Å². The quantitative estimate of drug-likeness (QED) is 0.388. The molecule has 7 heteroatoms. The highest BCUT2D eigenvalue weighted by molar-refractivity contribution is 5.83. The van der Waals surface area contributed by atoms with Gasteiger partial charge in [0.25, 0.3) is 0 Å². The van der Waals surface area contributed by atoms with E-state index in [1.54, 1.807) is 26.3 Å². The van der Waals surface area contributed by atoms with E-state index in [4.69, 9.17) is 9.47 Å². The number of halogens is 1. The molecule has 4 rings (SSSR count). The summed E-state index contributed by atoms with van der Waals surface area (Å²) in [5.74, 6) is 1.40. The van der Waals surface area contributed by atoms with Gasteiger partial charge in [0.2, 0.25) is 0 Å². The Kier molecular flexibility index (Phi) is 6.95. The van der Waals surface area contributed by atoms with Crippen LogP contribution in [0.2, 0.25) is 0 Å². The molecule has 3 N–H and O–H groups in total. The molecule has 2 aromatic carbocycles. The Bertz CT molecular complexity index is 1060. The molecule has 2 heterocycles. The van der Waals surface area contributed by atoms with Gasteiger partial charge in [0.05, 0.1) is 7.11 Å². The lowest BCUT2D eigenvalue weighted by Crippen LogP contribution is -2.48. The standard InChI is InChI=1S/C25H31FN4O2/c1-27-24(28-12-9-18-16-29-23-8-5-20(26)15-22(18)23)30-17-25(10-13-32-14-11-25)19-3-6-21(31-2)7-4-19/h3-8,15-16,29H,9-14,17H2,1-2H3,(H2,27,28,30). The highest BCUT2D eigenvalue weighted by Crippen LogP contribution is 2.35. The van der Waals surface area contributed by atoms with Crippen molar-refractivity contribution < 1.29 is 13.9 Å². The molecule has 1 saturated heterocycles. The SMILES string of the molecule is CN=C(NCCc1c[nH]c2ccc(F)cc12)NCC1(c2ccc(OC)cc2)CCOCC1. The molecule has 0 amide bonds. The van der Waals surface area contributed by atoms with Crippen LogP contribution >= 0.6 is 0 Å². The van der Waals surface area contributed by atoms with E-state index in [9.17, 15) is 4.39 Å². The van der Waals surface area contributed by atoms with Crippen LogP contribution in [0, 0.1) is 5.82 Å². The molecule has 32 heavy (non-hydrogen) atoms. The number of hydrogen-bond acceptors (Lipinski definition) is 3. The summed E-state index contributed by atoms with van der Waals surface area (Å²) in [5, 5.41) is 7.84. The number of benzene rings is 2. The topological polar surface area (TPSA) is 70.7 Å². The van der Waals surface area contributed by atoms with Crippen molar-refractivity contribution >= 4 is 16.9 Å². The molecule has 1 aliphatic rings. The summed E-state index contributed by atoms with van der Waals surface area (Å²) in [5.41, 5.74) is 3.30. The van der Waals surface area contributed by atoms with Crippen molar-refractivity contribution in [3.8, 4) is 5.75 Å². The molecule has 1 fully saturated rings. The third-order valence-corrected chi connectivity index (χ3v) is 6.39. The largest absolute Gasteiger partial charge is 0.497 e. The number of methoxy groups -OCH3 is 1. The zero-order valence-electron chi connectivity index (χ0n) is 18.7. The summed E-state index contributed by atoms with van der Waals surface area (Å²) in [6, 6.07) is 13.2. The van der Waals surface area contributed by atoms with E-state index in [-0.39, 0.29) is 11.2 Å². The van der Waals surface area contributed by atoms with E-state index in [0.717, 1.165) is 67.2 Å². The second-order valence-electron chi connectivity index (χ2n) is 8.23. The normalized spacial score (nSPS) is 16.2. The van der Waals surface area contributed by atoms with Gasteiger partial charge in [-0.25, -0.2) is 4.39 Å². The molecule has 3 aromatic rings. The van der Waals surface area contributed by atoms with Gasteiger partial charge in [-0.2, -0.15) is 0 Å². The van der Waals surface area contributed by atoms with E-state index in [0.29, 0.717) is 6.54 Å². The minimum atomic E-state index is -0.218. The minimum Gasteiger partial charge on any atom is -0.497 e. The first-order chi connectivity index (χ1) is 15.6. The maximum Gasteiger partial charge on any atom is 0.191 e. The van der Waals surface area contributed by atoms with Crippen LogP contribution in [0.3, 0.4) is 0 Å². The highest BCUT2D eigenvalue weighted by atomic mass is 19.1. The van der Waals surface area contributed by atoms with Crippen LogP contribution < -0.4 is 15.4 Å². The maximum atomic E-state index is 13.6. The summed E-state index contributed by atoms with van der Waals surface area (Å²) in [4.78, 5) is 7.60. The Balaban J connectivity index is 1.38. The third kappa shape index (κ3) is 4.88. The third-order valence-electron chi connectivity index (χ3n) is 6.39. The predicted octanol–water partition coefficient (Wildman–Crippen LogP) is 3.77. The summed E-state index contributed by atoms with van der Waals surface area (Å²) in [6.45, 7) is 2.95. The average Bonchev–Trinajstić information content (AvgIpc) is 3.23. The smallest absolute Gasteiger partial charge is 0.191 e. The van der Waals surface area contributed by atoms with E-state index < -0.39 is 0 Å². The number of nitrogens with one attached hydrogen (secondary N) is 3. The Hall–Kier alpha value is -3.06. The molecule has 0 bridgehead atoms. The molecular formula is C25H31FN4O2. The van der Waals surface area contributed by atoms with Crippen LogP contribution in [-0.4, -0.2) is 51.4 Å². The number of nitrogens with zero attached hydrogens (tertiary/aromatic N) is 1. The van der Waals surface area contributed by atoms with E-state index >= 15 is 0 Å². The molecule has 0 radical (unpaired) electrons. The number of aromatic amines is 1. The van der Waals surface area contributed by atoms with Crippen LogP contribution in [0.15, 0.2) is 53.7 Å². The molecule has 0 atom stereocenters. The Morgan fingerprint density at radius 2 is 1.94 bits per heavy atom. The Morgan fingerprint density at radius 1 is 1.16 bits per heavy atom. The van der Waals surface area contributed by atoms with Gasteiger partial charge in [-0.3, -0.25) is 4.99 Å². The zero-order valence-corrected chi connectivity index (χ0v) is 18.7.